The predicted molar refractivity (Wildman–Crippen MR) is 60.8 cm³/mol. The van der Waals surface area contributed by atoms with E-state index in [1.165, 1.54) is 12.5 Å². The quantitative estimate of drug-likeness (QED) is 0.871. The lowest BCUT2D eigenvalue weighted by molar-refractivity contribution is -0.115. The smallest absolute Gasteiger partial charge is 0.238 e. The molecule has 0 saturated carbocycles. The van der Waals surface area contributed by atoms with Crippen molar-refractivity contribution in [2.24, 2.45) is 0 Å². The van der Waals surface area contributed by atoms with Gasteiger partial charge >= 0.3 is 0 Å². The highest BCUT2D eigenvalue weighted by Gasteiger charge is 2.10. The van der Waals surface area contributed by atoms with Crippen LogP contribution in [0.25, 0.3) is 11.5 Å². The Kier molecular flexibility index (Phi) is 3.17. The molecule has 1 N–H and O–H groups in total. The number of hydrogen-bond acceptors (Lipinski definition) is 4. The van der Waals surface area contributed by atoms with Crippen LogP contribution in [-0.2, 0) is 4.79 Å². The van der Waals surface area contributed by atoms with Crippen molar-refractivity contribution in [1.29, 1.82) is 5.26 Å². The minimum absolute atomic E-state index is 0.181. The number of nitriles is 1. The van der Waals surface area contributed by atoms with E-state index >= 15 is 0 Å². The van der Waals surface area contributed by atoms with Crippen LogP contribution in [0.4, 0.5) is 5.69 Å². The number of oxazole rings is 1. The second-order valence-corrected chi connectivity index (χ2v) is 3.27. The largest absolute Gasteiger partial charge is 0.444 e. The van der Waals surface area contributed by atoms with Gasteiger partial charge in [0.25, 0.3) is 0 Å². The Balaban J connectivity index is 2.29. The molecular formula is C12H9N3O2. The molecule has 0 bridgehead atoms. The normalized spacial score (nSPS) is 9.59. The highest BCUT2D eigenvalue weighted by atomic mass is 16.3. The molecule has 0 radical (unpaired) electrons. The van der Waals surface area contributed by atoms with Crippen molar-refractivity contribution < 1.29 is 9.21 Å². The molecule has 84 valence electrons. The predicted octanol–water partition coefficient (Wildman–Crippen LogP) is 2.19. The van der Waals surface area contributed by atoms with E-state index in [0.717, 1.165) is 0 Å². The number of hydrogen-bond donors (Lipinski definition) is 1. The van der Waals surface area contributed by atoms with Gasteiger partial charge in [-0.05, 0) is 12.1 Å². The Hall–Kier alpha value is -2.61. The van der Waals surface area contributed by atoms with Crippen LogP contribution >= 0.6 is 0 Å². The van der Waals surface area contributed by atoms with E-state index in [1.807, 2.05) is 6.07 Å². The molecular weight excluding hydrogens is 218 g/mol. The Morgan fingerprint density at radius 3 is 3.00 bits per heavy atom. The standard InChI is InChI=1S/C12H9N3O2/c13-6-5-11(16)15-10-4-2-1-3-9(10)12-14-7-8-17-12/h1-4,7-8H,5H2,(H,15,16). The van der Waals surface area contributed by atoms with Gasteiger partial charge in [0.15, 0.2) is 0 Å². The lowest BCUT2D eigenvalue weighted by atomic mass is 10.1. The van der Waals surface area contributed by atoms with E-state index in [0.29, 0.717) is 17.1 Å². The third-order valence-electron chi connectivity index (χ3n) is 2.10. The third-order valence-corrected chi connectivity index (χ3v) is 2.10. The van der Waals surface area contributed by atoms with Crippen molar-refractivity contribution in [3.8, 4) is 17.5 Å². The number of benzene rings is 1. The minimum atomic E-state index is -0.355. The number of para-hydroxylation sites is 1. The van der Waals surface area contributed by atoms with E-state index in [2.05, 4.69) is 10.3 Å². The molecule has 0 aliphatic rings. The monoisotopic (exact) mass is 227 g/mol. The van der Waals surface area contributed by atoms with Crippen molar-refractivity contribution >= 4 is 11.6 Å². The van der Waals surface area contributed by atoms with Crippen molar-refractivity contribution in [3.05, 3.63) is 36.7 Å². The maximum atomic E-state index is 11.3. The summed E-state index contributed by atoms with van der Waals surface area (Å²) in [4.78, 5) is 15.4. The van der Waals surface area contributed by atoms with Gasteiger partial charge in [0.05, 0.1) is 23.5 Å². The van der Waals surface area contributed by atoms with Crippen molar-refractivity contribution in [2.75, 3.05) is 5.32 Å². The van der Waals surface area contributed by atoms with Crippen LogP contribution in [0.1, 0.15) is 6.42 Å². The molecule has 0 aliphatic carbocycles. The Morgan fingerprint density at radius 2 is 2.29 bits per heavy atom. The third kappa shape index (κ3) is 2.49. The van der Waals surface area contributed by atoms with Crippen molar-refractivity contribution in [2.45, 2.75) is 6.42 Å². The molecule has 5 heteroatoms. The summed E-state index contributed by atoms with van der Waals surface area (Å²) >= 11 is 0. The molecule has 1 heterocycles. The zero-order valence-corrected chi connectivity index (χ0v) is 8.88. The van der Waals surface area contributed by atoms with Gasteiger partial charge in [-0.25, -0.2) is 4.98 Å². The summed E-state index contributed by atoms with van der Waals surface area (Å²) in [6, 6.07) is 8.91. The number of carbonyl (C=O) groups is 1. The number of nitrogens with one attached hydrogen (secondary N) is 1. The van der Waals surface area contributed by atoms with Crippen molar-refractivity contribution in [3.63, 3.8) is 0 Å². The minimum Gasteiger partial charge on any atom is -0.444 e. The van der Waals surface area contributed by atoms with Gasteiger partial charge in [0.1, 0.15) is 12.7 Å². The summed E-state index contributed by atoms with van der Waals surface area (Å²) in [5, 5.41) is 11.1. The summed E-state index contributed by atoms with van der Waals surface area (Å²) in [5.74, 6) is 0.0735. The number of rotatable bonds is 3. The zero-order chi connectivity index (χ0) is 12.1. The molecule has 0 saturated heterocycles. The van der Waals surface area contributed by atoms with E-state index in [9.17, 15) is 4.79 Å². The van der Waals surface area contributed by atoms with Crippen LogP contribution in [0.15, 0.2) is 41.1 Å². The summed E-state index contributed by atoms with van der Waals surface area (Å²) in [6.07, 6.45) is 2.81. The zero-order valence-electron chi connectivity index (χ0n) is 8.88. The number of amides is 1. The molecule has 2 rings (SSSR count). The number of aromatic nitrogens is 1. The van der Waals surface area contributed by atoms with Crippen LogP contribution in [0, 0.1) is 11.3 Å². The fraction of sp³-hybridized carbons (Fsp3) is 0.0833. The first-order valence-corrected chi connectivity index (χ1v) is 4.97. The molecule has 1 aromatic heterocycles. The Labute approximate surface area is 97.7 Å². The molecule has 0 atom stereocenters. The fourth-order valence-corrected chi connectivity index (χ4v) is 1.40. The summed E-state index contributed by atoms with van der Waals surface area (Å²) < 4.78 is 5.17. The number of nitrogens with zero attached hydrogens (tertiary/aromatic N) is 2. The lowest BCUT2D eigenvalue weighted by Gasteiger charge is -2.06. The van der Waals surface area contributed by atoms with Gasteiger partial charge in [0.2, 0.25) is 11.8 Å². The first-order valence-electron chi connectivity index (χ1n) is 4.97. The molecule has 17 heavy (non-hydrogen) atoms. The van der Waals surface area contributed by atoms with Crippen LogP contribution in [0.3, 0.4) is 0 Å². The van der Waals surface area contributed by atoms with Crippen molar-refractivity contribution in [1.82, 2.24) is 4.98 Å². The summed E-state index contributed by atoms with van der Waals surface area (Å²) in [5.41, 5.74) is 1.26. The van der Waals surface area contributed by atoms with Gasteiger partial charge in [-0.15, -0.1) is 0 Å². The van der Waals surface area contributed by atoms with Crippen LogP contribution < -0.4 is 5.32 Å². The highest BCUT2D eigenvalue weighted by Crippen LogP contribution is 2.26. The van der Waals surface area contributed by atoms with E-state index in [4.69, 9.17) is 9.68 Å². The molecule has 0 fully saturated rings. The second-order valence-electron chi connectivity index (χ2n) is 3.27. The van der Waals surface area contributed by atoms with Gasteiger partial charge in [-0.2, -0.15) is 5.26 Å². The molecule has 0 aliphatic heterocycles. The second kappa shape index (κ2) is 4.94. The topological polar surface area (TPSA) is 78.9 Å². The first kappa shape index (κ1) is 10.9. The van der Waals surface area contributed by atoms with Gasteiger partial charge in [-0.1, -0.05) is 12.1 Å². The molecule has 0 unspecified atom stereocenters. The highest BCUT2D eigenvalue weighted by molar-refractivity contribution is 5.95. The maximum absolute atomic E-state index is 11.3. The average Bonchev–Trinajstić information content (AvgIpc) is 2.83. The Morgan fingerprint density at radius 1 is 1.47 bits per heavy atom. The van der Waals surface area contributed by atoms with Gasteiger partial charge in [-0.3, -0.25) is 4.79 Å². The van der Waals surface area contributed by atoms with Crippen LogP contribution in [-0.4, -0.2) is 10.9 Å². The average molecular weight is 227 g/mol. The van der Waals surface area contributed by atoms with E-state index in [-0.39, 0.29) is 12.3 Å². The molecule has 1 aromatic carbocycles. The van der Waals surface area contributed by atoms with E-state index in [1.54, 1.807) is 24.3 Å². The Bertz CT molecular complexity index is 555. The van der Waals surface area contributed by atoms with Crippen LogP contribution in [0.2, 0.25) is 0 Å². The maximum Gasteiger partial charge on any atom is 0.238 e. The first-order chi connectivity index (χ1) is 8.31. The molecule has 5 nitrogen and oxygen atoms in total. The van der Waals surface area contributed by atoms with E-state index < -0.39 is 0 Å². The number of carbonyl (C=O) groups excluding carboxylic acids is 1. The summed E-state index contributed by atoms with van der Waals surface area (Å²) in [6.45, 7) is 0. The molecule has 2 aromatic rings. The van der Waals surface area contributed by atoms with Gasteiger partial charge < -0.3 is 9.73 Å². The lowest BCUT2D eigenvalue weighted by Crippen LogP contribution is -2.10. The fourth-order valence-electron chi connectivity index (χ4n) is 1.40. The molecule has 0 spiro atoms. The van der Waals surface area contributed by atoms with Crippen LogP contribution in [0.5, 0.6) is 0 Å². The SMILES string of the molecule is N#CCC(=O)Nc1ccccc1-c1ncco1. The summed E-state index contributed by atoms with van der Waals surface area (Å²) in [7, 11) is 0. The number of anilines is 1. The molecule has 1 amide bonds. The van der Waals surface area contributed by atoms with Gasteiger partial charge in [0, 0.05) is 0 Å².